The molecule has 1 aromatic rings. The second-order valence-electron chi connectivity index (χ2n) is 5.22. The molecule has 0 atom stereocenters. The van der Waals surface area contributed by atoms with Crippen LogP contribution in [0.5, 0.6) is 0 Å². The van der Waals surface area contributed by atoms with E-state index >= 15 is 0 Å². The van der Waals surface area contributed by atoms with Crippen molar-refractivity contribution in [3.63, 3.8) is 0 Å². The summed E-state index contributed by atoms with van der Waals surface area (Å²) in [7, 11) is 1.14. The Morgan fingerprint density at radius 1 is 1.23 bits per heavy atom. The van der Waals surface area contributed by atoms with E-state index in [1.54, 1.807) is 6.07 Å². The number of benzene rings is 1. The Balaban J connectivity index is 3.04. The number of hydrogen-bond acceptors (Lipinski definition) is 4. The topological polar surface area (TPSA) is 75.7 Å². The van der Waals surface area contributed by atoms with Gasteiger partial charge in [-0.15, -0.1) is 0 Å². The van der Waals surface area contributed by atoms with E-state index < -0.39 is 36.9 Å². The fourth-order valence-electron chi connectivity index (χ4n) is 2.04. The van der Waals surface area contributed by atoms with Crippen LogP contribution in [0.15, 0.2) is 36.9 Å². The molecule has 1 N–H and O–H groups in total. The SMILES string of the molecule is C=CC(=O)Nc1ccccc1C(=O)N(CCC(=O)OC)CCC(F)(F)F. The lowest BCUT2D eigenvalue weighted by molar-refractivity contribution is -0.141. The zero-order valence-corrected chi connectivity index (χ0v) is 14.1. The number of amides is 2. The monoisotopic (exact) mass is 372 g/mol. The summed E-state index contributed by atoms with van der Waals surface area (Å²) in [4.78, 5) is 36.3. The van der Waals surface area contributed by atoms with Crippen molar-refractivity contribution in [2.24, 2.45) is 0 Å². The van der Waals surface area contributed by atoms with Gasteiger partial charge in [0.15, 0.2) is 0 Å². The number of carbonyl (C=O) groups excluding carboxylic acids is 3. The van der Waals surface area contributed by atoms with E-state index in [0.29, 0.717) is 0 Å². The summed E-state index contributed by atoms with van der Waals surface area (Å²) in [5.41, 5.74) is 0.146. The van der Waals surface area contributed by atoms with Crippen molar-refractivity contribution in [2.45, 2.75) is 19.0 Å². The van der Waals surface area contributed by atoms with E-state index in [1.807, 2.05) is 0 Å². The zero-order valence-electron chi connectivity index (χ0n) is 14.1. The number of ether oxygens (including phenoxy) is 1. The number of carbonyl (C=O) groups is 3. The molecule has 0 saturated carbocycles. The summed E-state index contributed by atoms with van der Waals surface area (Å²) in [5.74, 6) is -1.96. The molecule has 142 valence electrons. The molecule has 0 fully saturated rings. The van der Waals surface area contributed by atoms with Gasteiger partial charge in [0.1, 0.15) is 0 Å². The molecule has 1 aromatic carbocycles. The first-order valence-corrected chi connectivity index (χ1v) is 7.63. The Kier molecular flexibility index (Phi) is 7.82. The Morgan fingerprint density at radius 2 is 1.88 bits per heavy atom. The molecule has 0 radical (unpaired) electrons. The second kappa shape index (κ2) is 9.59. The molecule has 9 heteroatoms. The van der Waals surface area contributed by atoms with Crippen molar-refractivity contribution in [3.05, 3.63) is 42.5 Å². The van der Waals surface area contributed by atoms with E-state index in [1.165, 1.54) is 18.2 Å². The molecule has 0 heterocycles. The number of alkyl halides is 3. The zero-order chi connectivity index (χ0) is 19.7. The van der Waals surface area contributed by atoms with E-state index in [2.05, 4.69) is 16.6 Å². The van der Waals surface area contributed by atoms with Crippen molar-refractivity contribution in [1.29, 1.82) is 0 Å². The van der Waals surface area contributed by atoms with Crippen LogP contribution in [-0.4, -0.2) is 49.1 Å². The number of nitrogens with one attached hydrogen (secondary N) is 1. The predicted molar refractivity (Wildman–Crippen MR) is 88.5 cm³/mol. The Hall–Kier alpha value is -2.84. The first-order chi connectivity index (χ1) is 12.2. The quantitative estimate of drug-likeness (QED) is 0.562. The molecule has 0 aliphatic carbocycles. The fraction of sp³-hybridized carbons (Fsp3) is 0.353. The van der Waals surface area contributed by atoms with Crippen LogP contribution in [0.3, 0.4) is 0 Å². The highest BCUT2D eigenvalue weighted by Gasteiger charge is 2.30. The van der Waals surface area contributed by atoms with Gasteiger partial charge < -0.3 is 15.0 Å². The minimum absolute atomic E-state index is 0.00902. The van der Waals surface area contributed by atoms with E-state index in [9.17, 15) is 27.6 Å². The molecule has 0 bridgehead atoms. The number of anilines is 1. The third-order valence-corrected chi connectivity index (χ3v) is 3.37. The van der Waals surface area contributed by atoms with Crippen LogP contribution in [0.25, 0.3) is 0 Å². The van der Waals surface area contributed by atoms with Crippen LogP contribution >= 0.6 is 0 Å². The van der Waals surface area contributed by atoms with Crippen LogP contribution in [0.4, 0.5) is 18.9 Å². The average molecular weight is 372 g/mol. The summed E-state index contributed by atoms with van der Waals surface area (Å²) < 4.78 is 42.1. The molecule has 0 unspecified atom stereocenters. The predicted octanol–water partition coefficient (Wildman–Crippen LogP) is 2.77. The second-order valence-corrected chi connectivity index (χ2v) is 5.22. The van der Waals surface area contributed by atoms with Crippen molar-refractivity contribution in [2.75, 3.05) is 25.5 Å². The number of hydrogen-bond donors (Lipinski definition) is 1. The molecule has 0 saturated heterocycles. The van der Waals surface area contributed by atoms with Crippen LogP contribution in [0, 0.1) is 0 Å². The Bertz CT molecular complexity index is 674. The number of halogens is 3. The third-order valence-electron chi connectivity index (χ3n) is 3.37. The van der Waals surface area contributed by atoms with Crippen LogP contribution in [0.1, 0.15) is 23.2 Å². The van der Waals surface area contributed by atoms with E-state index in [-0.39, 0.29) is 24.2 Å². The third kappa shape index (κ3) is 6.96. The molecular weight excluding hydrogens is 353 g/mol. The summed E-state index contributed by atoms with van der Waals surface area (Å²) in [6.07, 6.45) is -4.93. The number of rotatable bonds is 8. The maximum atomic E-state index is 12.7. The lowest BCUT2D eigenvalue weighted by Crippen LogP contribution is -2.36. The Labute approximate surface area is 148 Å². The van der Waals surface area contributed by atoms with Gasteiger partial charge in [0.25, 0.3) is 5.91 Å². The van der Waals surface area contributed by atoms with Gasteiger partial charge in [-0.2, -0.15) is 13.2 Å². The standard InChI is InChI=1S/C17H19F3N2O4/c1-3-14(23)21-13-7-5-4-6-12(13)16(25)22(10-8-15(24)26-2)11-9-17(18,19)20/h3-7H,1,8-11H2,2H3,(H,21,23). The molecule has 0 aliphatic rings. The fourth-order valence-corrected chi connectivity index (χ4v) is 2.04. The lowest BCUT2D eigenvalue weighted by atomic mass is 10.1. The summed E-state index contributed by atoms with van der Waals surface area (Å²) in [5, 5.41) is 2.43. The number of methoxy groups -OCH3 is 1. The van der Waals surface area contributed by atoms with Crippen LogP contribution < -0.4 is 5.32 Å². The highest BCUT2D eigenvalue weighted by molar-refractivity contribution is 6.06. The highest BCUT2D eigenvalue weighted by atomic mass is 19.4. The minimum atomic E-state index is -4.46. The van der Waals surface area contributed by atoms with Crippen molar-refractivity contribution in [3.8, 4) is 0 Å². The van der Waals surface area contributed by atoms with Crippen molar-refractivity contribution in [1.82, 2.24) is 4.90 Å². The van der Waals surface area contributed by atoms with Crippen LogP contribution in [-0.2, 0) is 14.3 Å². The van der Waals surface area contributed by atoms with E-state index in [0.717, 1.165) is 18.1 Å². The van der Waals surface area contributed by atoms with Gasteiger partial charge in [-0.3, -0.25) is 14.4 Å². The van der Waals surface area contributed by atoms with Crippen molar-refractivity contribution >= 4 is 23.5 Å². The molecule has 2 amide bonds. The van der Waals surface area contributed by atoms with E-state index in [4.69, 9.17) is 0 Å². The normalized spacial score (nSPS) is 10.8. The smallest absolute Gasteiger partial charge is 0.390 e. The highest BCUT2D eigenvalue weighted by Crippen LogP contribution is 2.22. The van der Waals surface area contributed by atoms with Gasteiger partial charge >= 0.3 is 12.1 Å². The first-order valence-electron chi connectivity index (χ1n) is 7.63. The van der Waals surface area contributed by atoms with Gasteiger partial charge in [-0.05, 0) is 18.2 Å². The minimum Gasteiger partial charge on any atom is -0.469 e. The van der Waals surface area contributed by atoms with Crippen LogP contribution in [0.2, 0.25) is 0 Å². The first kappa shape index (κ1) is 21.2. The van der Waals surface area contributed by atoms with Gasteiger partial charge in [0.2, 0.25) is 5.91 Å². The molecule has 1 rings (SSSR count). The van der Waals surface area contributed by atoms with Crippen molar-refractivity contribution < 1.29 is 32.3 Å². The molecule has 6 nitrogen and oxygen atoms in total. The molecule has 26 heavy (non-hydrogen) atoms. The maximum absolute atomic E-state index is 12.7. The van der Waals surface area contributed by atoms with Gasteiger partial charge in [-0.1, -0.05) is 18.7 Å². The molecule has 0 spiro atoms. The number of nitrogens with zero attached hydrogens (tertiary/aromatic N) is 1. The van der Waals surface area contributed by atoms with Gasteiger partial charge in [0, 0.05) is 13.1 Å². The number of para-hydroxylation sites is 1. The largest absolute Gasteiger partial charge is 0.469 e. The molecule has 0 aromatic heterocycles. The van der Waals surface area contributed by atoms with Gasteiger partial charge in [-0.25, -0.2) is 0 Å². The lowest BCUT2D eigenvalue weighted by Gasteiger charge is -2.24. The summed E-state index contributed by atoms with van der Waals surface area (Å²) in [6.45, 7) is 2.43. The molecule has 0 aliphatic heterocycles. The van der Waals surface area contributed by atoms with Gasteiger partial charge in [0.05, 0.1) is 31.2 Å². The maximum Gasteiger partial charge on any atom is 0.390 e. The number of esters is 1. The summed E-state index contributed by atoms with van der Waals surface area (Å²) >= 11 is 0. The Morgan fingerprint density at radius 3 is 2.46 bits per heavy atom. The molecular formula is C17H19F3N2O4. The average Bonchev–Trinajstić information content (AvgIpc) is 2.60. The summed E-state index contributed by atoms with van der Waals surface area (Å²) in [6, 6.07) is 5.89.